The quantitative estimate of drug-likeness (QED) is 0.438. The zero-order valence-corrected chi connectivity index (χ0v) is 23.8. The first-order chi connectivity index (χ1) is 17.0. The van der Waals surface area contributed by atoms with Crippen molar-refractivity contribution in [3.63, 3.8) is 0 Å². The summed E-state index contributed by atoms with van der Waals surface area (Å²) in [5.74, 6) is -0.596. The Morgan fingerprint density at radius 1 is 1.06 bits per heavy atom. The van der Waals surface area contributed by atoms with Crippen molar-refractivity contribution in [3.8, 4) is 0 Å². The van der Waals surface area contributed by atoms with Crippen LogP contribution < -0.4 is 9.62 Å². The number of nitrogens with one attached hydrogen (secondary N) is 1. The van der Waals surface area contributed by atoms with E-state index in [1.807, 2.05) is 50.2 Å². The molecule has 0 heterocycles. The van der Waals surface area contributed by atoms with Crippen molar-refractivity contribution in [1.82, 2.24) is 10.2 Å². The molecule has 0 saturated heterocycles. The number of nitrogens with zero attached hydrogens (tertiary/aromatic N) is 2. The molecule has 1 atom stereocenters. The van der Waals surface area contributed by atoms with Crippen LogP contribution in [0.3, 0.4) is 0 Å². The average molecular weight is 579 g/mol. The highest BCUT2D eigenvalue weighted by Crippen LogP contribution is 2.29. The van der Waals surface area contributed by atoms with Crippen LogP contribution >= 0.6 is 15.9 Å². The zero-order valence-electron chi connectivity index (χ0n) is 21.4. The van der Waals surface area contributed by atoms with E-state index in [9.17, 15) is 18.0 Å². The molecule has 2 aromatic rings. The Labute approximate surface area is 223 Å². The number of hydrogen-bond acceptors (Lipinski definition) is 4. The molecule has 1 saturated carbocycles. The number of para-hydroxylation sites is 1. The second kappa shape index (κ2) is 12.2. The summed E-state index contributed by atoms with van der Waals surface area (Å²) in [4.78, 5) is 28.4. The fourth-order valence-corrected chi connectivity index (χ4v) is 5.92. The van der Waals surface area contributed by atoms with E-state index >= 15 is 0 Å². The van der Waals surface area contributed by atoms with Crippen LogP contribution in [0.25, 0.3) is 0 Å². The van der Waals surface area contributed by atoms with E-state index in [1.165, 1.54) is 4.90 Å². The molecule has 0 aliphatic heterocycles. The molecule has 36 heavy (non-hydrogen) atoms. The van der Waals surface area contributed by atoms with E-state index in [0.717, 1.165) is 51.8 Å². The Balaban J connectivity index is 1.93. The summed E-state index contributed by atoms with van der Waals surface area (Å²) in [6.07, 6.45) is 5.14. The SMILES string of the molecule is CC(C)c1ccccc1N(CC(=O)N(Cc1cccc(Br)c1)[C@H](C)C(=O)NC1CCCC1)S(C)(=O)=O. The third-order valence-electron chi connectivity index (χ3n) is 6.62. The van der Waals surface area contributed by atoms with Crippen molar-refractivity contribution in [2.45, 2.75) is 71.0 Å². The first kappa shape index (κ1) is 28.2. The van der Waals surface area contributed by atoms with E-state index in [1.54, 1.807) is 19.1 Å². The predicted molar refractivity (Wildman–Crippen MR) is 147 cm³/mol. The van der Waals surface area contributed by atoms with Gasteiger partial charge in [-0.05, 0) is 55.0 Å². The maximum atomic E-state index is 13.8. The van der Waals surface area contributed by atoms with E-state index in [4.69, 9.17) is 0 Å². The maximum absolute atomic E-state index is 13.8. The summed E-state index contributed by atoms with van der Waals surface area (Å²) in [6, 6.07) is 14.1. The summed E-state index contributed by atoms with van der Waals surface area (Å²) in [7, 11) is -3.77. The topological polar surface area (TPSA) is 86.8 Å². The minimum absolute atomic E-state index is 0.0643. The zero-order chi connectivity index (χ0) is 26.5. The number of sulfonamides is 1. The molecule has 1 N–H and O–H groups in total. The Kier molecular flexibility index (Phi) is 9.58. The summed E-state index contributed by atoms with van der Waals surface area (Å²) in [5, 5.41) is 3.08. The largest absolute Gasteiger partial charge is 0.352 e. The normalized spacial score (nSPS) is 15.1. The van der Waals surface area contributed by atoms with E-state index in [2.05, 4.69) is 21.2 Å². The molecular weight excluding hydrogens is 542 g/mol. The van der Waals surface area contributed by atoms with Crippen molar-refractivity contribution in [3.05, 3.63) is 64.1 Å². The van der Waals surface area contributed by atoms with Gasteiger partial charge in [0.25, 0.3) is 0 Å². The van der Waals surface area contributed by atoms with Gasteiger partial charge in [-0.1, -0.05) is 73.0 Å². The molecule has 0 radical (unpaired) electrons. The standard InChI is InChI=1S/C27H36BrN3O4S/c1-19(2)24-14-7-8-15-25(24)31(36(4,34)35)18-26(32)30(17-21-10-9-11-22(28)16-21)20(3)27(33)29-23-12-5-6-13-23/h7-11,14-16,19-20,23H,5-6,12-13,17-18H2,1-4H3,(H,29,33)/t20-/m1/s1. The molecule has 2 amide bonds. The van der Waals surface area contributed by atoms with Gasteiger partial charge in [0.05, 0.1) is 11.9 Å². The smallest absolute Gasteiger partial charge is 0.244 e. The second-order valence-electron chi connectivity index (χ2n) is 9.80. The molecule has 2 aromatic carbocycles. The molecule has 1 aliphatic rings. The molecule has 3 rings (SSSR count). The molecule has 7 nitrogen and oxygen atoms in total. The van der Waals surface area contributed by atoms with Crippen molar-refractivity contribution >= 4 is 43.5 Å². The number of rotatable bonds is 10. The Morgan fingerprint density at radius 2 is 1.72 bits per heavy atom. The van der Waals surface area contributed by atoms with Crippen LogP contribution in [-0.4, -0.2) is 50.0 Å². The van der Waals surface area contributed by atoms with Gasteiger partial charge in [-0.25, -0.2) is 8.42 Å². The molecule has 196 valence electrons. The van der Waals surface area contributed by atoms with Crippen LogP contribution in [0.5, 0.6) is 0 Å². The van der Waals surface area contributed by atoms with Crippen molar-refractivity contribution in [1.29, 1.82) is 0 Å². The number of halogens is 1. The minimum Gasteiger partial charge on any atom is -0.352 e. The summed E-state index contributed by atoms with van der Waals surface area (Å²) >= 11 is 3.46. The third-order valence-corrected chi connectivity index (χ3v) is 8.24. The fraction of sp³-hybridized carbons (Fsp3) is 0.481. The van der Waals surface area contributed by atoms with Crippen LogP contribution in [0.1, 0.15) is 63.5 Å². The van der Waals surface area contributed by atoms with Gasteiger partial charge in [0.2, 0.25) is 21.8 Å². The highest BCUT2D eigenvalue weighted by atomic mass is 79.9. The number of hydrogen-bond donors (Lipinski definition) is 1. The molecule has 9 heteroatoms. The van der Waals surface area contributed by atoms with Gasteiger partial charge < -0.3 is 10.2 Å². The Morgan fingerprint density at radius 3 is 2.33 bits per heavy atom. The molecule has 1 fully saturated rings. The molecule has 0 spiro atoms. The number of benzene rings is 2. The van der Waals surface area contributed by atoms with Gasteiger partial charge in [0.1, 0.15) is 12.6 Å². The molecule has 1 aliphatic carbocycles. The van der Waals surface area contributed by atoms with Gasteiger partial charge in [0, 0.05) is 17.1 Å². The van der Waals surface area contributed by atoms with Crippen molar-refractivity contribution in [2.24, 2.45) is 0 Å². The number of carbonyl (C=O) groups excluding carboxylic acids is 2. The number of anilines is 1. The molecule has 0 bridgehead atoms. The fourth-order valence-electron chi connectivity index (χ4n) is 4.60. The first-order valence-electron chi connectivity index (χ1n) is 12.4. The lowest BCUT2D eigenvalue weighted by Crippen LogP contribution is -2.52. The first-order valence-corrected chi connectivity index (χ1v) is 15.0. The van der Waals surface area contributed by atoms with E-state index < -0.39 is 28.5 Å². The lowest BCUT2D eigenvalue weighted by molar-refractivity contribution is -0.139. The highest BCUT2D eigenvalue weighted by Gasteiger charge is 2.32. The monoisotopic (exact) mass is 577 g/mol. The lowest BCUT2D eigenvalue weighted by atomic mass is 10.0. The summed E-state index contributed by atoms with van der Waals surface area (Å²) < 4.78 is 27.8. The third kappa shape index (κ3) is 7.32. The number of amides is 2. The summed E-state index contributed by atoms with van der Waals surface area (Å²) in [5.41, 5.74) is 2.15. The molecular formula is C27H36BrN3O4S. The summed E-state index contributed by atoms with van der Waals surface area (Å²) in [6.45, 7) is 5.46. The van der Waals surface area contributed by atoms with Crippen LogP contribution in [0.15, 0.2) is 53.0 Å². The van der Waals surface area contributed by atoms with Gasteiger partial charge in [0.15, 0.2) is 0 Å². The van der Waals surface area contributed by atoms with Crippen molar-refractivity contribution < 1.29 is 18.0 Å². The highest BCUT2D eigenvalue weighted by molar-refractivity contribution is 9.10. The molecule has 0 aromatic heterocycles. The Hall–Kier alpha value is -2.39. The minimum atomic E-state index is -3.77. The number of carbonyl (C=O) groups is 2. The molecule has 0 unspecified atom stereocenters. The van der Waals surface area contributed by atoms with Gasteiger partial charge >= 0.3 is 0 Å². The maximum Gasteiger partial charge on any atom is 0.244 e. The Bertz CT molecular complexity index is 1180. The van der Waals surface area contributed by atoms with Gasteiger partial charge in [-0.2, -0.15) is 0 Å². The van der Waals surface area contributed by atoms with Crippen LogP contribution in [-0.2, 0) is 26.2 Å². The van der Waals surface area contributed by atoms with Crippen LogP contribution in [0.2, 0.25) is 0 Å². The second-order valence-corrected chi connectivity index (χ2v) is 12.6. The van der Waals surface area contributed by atoms with E-state index in [0.29, 0.717) is 5.69 Å². The van der Waals surface area contributed by atoms with Crippen LogP contribution in [0.4, 0.5) is 5.69 Å². The van der Waals surface area contributed by atoms with Gasteiger partial charge in [-0.15, -0.1) is 0 Å². The van der Waals surface area contributed by atoms with Gasteiger partial charge in [-0.3, -0.25) is 13.9 Å². The van der Waals surface area contributed by atoms with Crippen LogP contribution in [0, 0.1) is 0 Å². The lowest BCUT2D eigenvalue weighted by Gasteiger charge is -2.33. The van der Waals surface area contributed by atoms with Crippen molar-refractivity contribution in [2.75, 3.05) is 17.1 Å². The van der Waals surface area contributed by atoms with E-state index in [-0.39, 0.29) is 24.4 Å². The average Bonchev–Trinajstić information content (AvgIpc) is 3.32. The predicted octanol–water partition coefficient (Wildman–Crippen LogP) is 4.81.